The van der Waals surface area contributed by atoms with E-state index in [0.29, 0.717) is 23.5 Å². The van der Waals surface area contributed by atoms with Crippen molar-refractivity contribution in [3.05, 3.63) is 84.4 Å². The number of rotatable bonds is 9. The number of hydrogen-bond donors (Lipinski definition) is 2. The molecule has 0 atom stereocenters. The van der Waals surface area contributed by atoms with Crippen LogP contribution in [0, 0.1) is 0 Å². The molecule has 6 heteroatoms. The molecule has 3 aromatic rings. The van der Waals surface area contributed by atoms with E-state index in [9.17, 15) is 9.59 Å². The zero-order valence-electron chi connectivity index (χ0n) is 17.8. The molecule has 0 saturated heterocycles. The van der Waals surface area contributed by atoms with Crippen molar-refractivity contribution in [1.29, 1.82) is 0 Å². The lowest BCUT2D eigenvalue weighted by Crippen LogP contribution is -2.26. The van der Waals surface area contributed by atoms with Gasteiger partial charge in [0.15, 0.2) is 0 Å². The Morgan fingerprint density at radius 2 is 1.65 bits per heavy atom. The first-order valence-corrected chi connectivity index (χ1v) is 10.3. The summed E-state index contributed by atoms with van der Waals surface area (Å²) in [6.07, 6.45) is 0.944. The Morgan fingerprint density at radius 1 is 0.903 bits per heavy atom. The van der Waals surface area contributed by atoms with Gasteiger partial charge in [0.1, 0.15) is 5.75 Å². The Kier molecular flexibility index (Phi) is 7.65. The summed E-state index contributed by atoms with van der Waals surface area (Å²) >= 11 is 0. The van der Waals surface area contributed by atoms with Crippen LogP contribution in [0.3, 0.4) is 0 Å². The summed E-state index contributed by atoms with van der Waals surface area (Å²) in [5.74, 6) is 0.477. The average molecular weight is 418 g/mol. The van der Waals surface area contributed by atoms with E-state index < -0.39 is 0 Å². The normalized spacial score (nSPS) is 10.3. The van der Waals surface area contributed by atoms with Gasteiger partial charge in [-0.15, -0.1) is 0 Å². The summed E-state index contributed by atoms with van der Waals surface area (Å²) < 4.78 is 5.54. The first kappa shape index (κ1) is 21.9. The molecule has 3 aromatic carbocycles. The van der Waals surface area contributed by atoms with Gasteiger partial charge < -0.3 is 20.3 Å². The molecule has 0 saturated carbocycles. The van der Waals surface area contributed by atoms with Gasteiger partial charge in [-0.2, -0.15) is 0 Å². The monoisotopic (exact) mass is 417 g/mol. The lowest BCUT2D eigenvalue weighted by Gasteiger charge is -2.18. The van der Waals surface area contributed by atoms with Crippen molar-refractivity contribution in [2.24, 2.45) is 0 Å². The van der Waals surface area contributed by atoms with Gasteiger partial charge in [0.2, 0.25) is 5.91 Å². The van der Waals surface area contributed by atoms with Gasteiger partial charge >= 0.3 is 0 Å². The number of carbonyl (C=O) groups is 2. The van der Waals surface area contributed by atoms with E-state index in [-0.39, 0.29) is 18.4 Å². The highest BCUT2D eigenvalue weighted by atomic mass is 16.5. The molecule has 0 heterocycles. The Labute approximate surface area is 182 Å². The molecule has 2 amide bonds. The number of anilines is 3. The number of carbonyl (C=O) groups excluding carboxylic acids is 2. The van der Waals surface area contributed by atoms with E-state index in [2.05, 4.69) is 17.6 Å². The number of nitrogens with zero attached hydrogens (tertiary/aromatic N) is 1. The molecule has 160 valence electrons. The molecule has 0 aliphatic rings. The maximum absolute atomic E-state index is 12.8. The molecule has 0 aliphatic carbocycles. The first-order chi connectivity index (χ1) is 15.1. The predicted molar refractivity (Wildman–Crippen MR) is 125 cm³/mol. The summed E-state index contributed by atoms with van der Waals surface area (Å²) in [6, 6.07) is 23.9. The molecule has 0 spiro atoms. The summed E-state index contributed by atoms with van der Waals surface area (Å²) in [5, 5.41) is 5.91. The van der Waals surface area contributed by atoms with Crippen molar-refractivity contribution < 1.29 is 14.3 Å². The second-order valence-electron chi connectivity index (χ2n) is 7.06. The molecule has 2 N–H and O–H groups in total. The minimum Gasteiger partial charge on any atom is -0.494 e. The number of benzene rings is 3. The minimum atomic E-state index is -0.180. The fourth-order valence-corrected chi connectivity index (χ4v) is 2.97. The third-order valence-corrected chi connectivity index (χ3v) is 4.62. The number of hydrogen-bond acceptors (Lipinski definition) is 4. The third-order valence-electron chi connectivity index (χ3n) is 4.62. The second-order valence-corrected chi connectivity index (χ2v) is 7.06. The van der Waals surface area contributed by atoms with Crippen molar-refractivity contribution >= 4 is 28.9 Å². The van der Waals surface area contributed by atoms with Crippen LogP contribution in [0.2, 0.25) is 0 Å². The van der Waals surface area contributed by atoms with Crippen molar-refractivity contribution in [1.82, 2.24) is 0 Å². The summed E-state index contributed by atoms with van der Waals surface area (Å²) in [7, 11) is 1.74. The van der Waals surface area contributed by atoms with E-state index >= 15 is 0 Å². The highest BCUT2D eigenvalue weighted by Crippen LogP contribution is 2.18. The van der Waals surface area contributed by atoms with Crippen molar-refractivity contribution in [3.8, 4) is 5.75 Å². The lowest BCUT2D eigenvalue weighted by atomic mass is 10.1. The van der Waals surface area contributed by atoms with Crippen LogP contribution in [0.4, 0.5) is 17.1 Å². The molecule has 0 fully saturated rings. The maximum atomic E-state index is 12.8. The van der Waals surface area contributed by atoms with Gasteiger partial charge in [-0.3, -0.25) is 9.59 Å². The number of para-hydroxylation sites is 1. The second kappa shape index (κ2) is 10.8. The fraction of sp³-hybridized carbons (Fsp3) is 0.200. The minimum absolute atomic E-state index is 0.0836. The average Bonchev–Trinajstić information content (AvgIpc) is 2.82. The van der Waals surface area contributed by atoms with Crippen molar-refractivity contribution in [2.75, 3.05) is 35.7 Å². The SMILES string of the molecule is CCCOc1ccc(NC(=O)CNc2cccc(C(=O)N(C)c3ccccc3)c2)cc1. The van der Waals surface area contributed by atoms with Crippen LogP contribution < -0.4 is 20.3 Å². The molecule has 0 aliphatic heterocycles. The van der Waals surface area contributed by atoms with Crippen LogP contribution in [0.15, 0.2) is 78.9 Å². The Balaban J connectivity index is 1.55. The van der Waals surface area contributed by atoms with Gasteiger partial charge in [-0.1, -0.05) is 31.2 Å². The van der Waals surface area contributed by atoms with Gasteiger partial charge in [-0.25, -0.2) is 0 Å². The van der Waals surface area contributed by atoms with E-state index in [1.807, 2.05) is 60.7 Å². The summed E-state index contributed by atoms with van der Waals surface area (Å²) in [6.45, 7) is 2.80. The summed E-state index contributed by atoms with van der Waals surface area (Å²) in [5.41, 5.74) is 2.76. The van der Waals surface area contributed by atoms with Gasteiger partial charge in [0, 0.05) is 29.7 Å². The topological polar surface area (TPSA) is 70.7 Å². The Morgan fingerprint density at radius 3 is 2.35 bits per heavy atom. The zero-order valence-corrected chi connectivity index (χ0v) is 17.8. The van der Waals surface area contributed by atoms with Gasteiger partial charge in [0.25, 0.3) is 5.91 Å². The highest BCUT2D eigenvalue weighted by Gasteiger charge is 2.13. The van der Waals surface area contributed by atoms with Crippen LogP contribution in [0.5, 0.6) is 5.75 Å². The zero-order chi connectivity index (χ0) is 22.1. The van der Waals surface area contributed by atoms with E-state index in [0.717, 1.165) is 17.9 Å². The van der Waals surface area contributed by atoms with Crippen molar-refractivity contribution in [2.45, 2.75) is 13.3 Å². The fourth-order valence-electron chi connectivity index (χ4n) is 2.97. The van der Waals surface area contributed by atoms with Crippen LogP contribution >= 0.6 is 0 Å². The largest absolute Gasteiger partial charge is 0.494 e. The molecule has 3 rings (SSSR count). The van der Waals surface area contributed by atoms with Crippen molar-refractivity contribution in [3.63, 3.8) is 0 Å². The predicted octanol–water partition coefficient (Wildman–Crippen LogP) is 4.80. The van der Waals surface area contributed by atoms with E-state index in [1.54, 1.807) is 30.1 Å². The molecule has 0 radical (unpaired) electrons. The third kappa shape index (κ3) is 6.34. The van der Waals surface area contributed by atoms with E-state index in [1.165, 1.54) is 0 Å². The molecular weight excluding hydrogens is 390 g/mol. The standard InChI is InChI=1S/C25H27N3O3/c1-3-16-31-23-14-12-20(13-15-23)27-24(29)18-26-21-9-7-8-19(17-21)25(30)28(2)22-10-5-4-6-11-22/h4-15,17,26H,3,16,18H2,1-2H3,(H,27,29). The maximum Gasteiger partial charge on any atom is 0.258 e. The molecule has 31 heavy (non-hydrogen) atoms. The molecule has 6 nitrogen and oxygen atoms in total. The lowest BCUT2D eigenvalue weighted by molar-refractivity contribution is -0.114. The first-order valence-electron chi connectivity index (χ1n) is 10.3. The molecule has 0 bridgehead atoms. The Hall–Kier alpha value is -3.80. The van der Waals surface area contributed by atoms with Gasteiger partial charge in [0.05, 0.1) is 13.2 Å². The van der Waals surface area contributed by atoms with Crippen LogP contribution in [0.25, 0.3) is 0 Å². The number of nitrogens with one attached hydrogen (secondary N) is 2. The van der Waals surface area contributed by atoms with Gasteiger partial charge in [-0.05, 0) is 61.0 Å². The summed E-state index contributed by atoms with van der Waals surface area (Å²) in [4.78, 5) is 26.7. The number of amides is 2. The molecule has 0 unspecified atom stereocenters. The number of ether oxygens (including phenoxy) is 1. The Bertz CT molecular complexity index is 1000. The molecular formula is C25H27N3O3. The van der Waals surface area contributed by atoms with Crippen LogP contribution in [-0.2, 0) is 4.79 Å². The quantitative estimate of drug-likeness (QED) is 0.525. The van der Waals surface area contributed by atoms with Crippen LogP contribution in [-0.4, -0.2) is 32.0 Å². The molecule has 0 aromatic heterocycles. The highest BCUT2D eigenvalue weighted by molar-refractivity contribution is 6.06. The van der Waals surface area contributed by atoms with Crippen LogP contribution in [0.1, 0.15) is 23.7 Å². The van der Waals surface area contributed by atoms with E-state index in [4.69, 9.17) is 4.74 Å². The smallest absolute Gasteiger partial charge is 0.258 e.